The number of pyridine rings is 1. The Hall–Kier alpha value is -1.25. The van der Waals surface area contributed by atoms with Crippen LogP contribution in [0, 0.1) is 11.3 Å². The average molecular weight is 218 g/mol. The van der Waals surface area contributed by atoms with Crippen molar-refractivity contribution in [1.29, 1.82) is 5.26 Å². The first-order valence-electron chi connectivity index (χ1n) is 3.67. The number of nitriles is 1. The Kier molecular flexibility index (Phi) is 3.33. The summed E-state index contributed by atoms with van der Waals surface area (Å²) in [6.07, 6.45) is -2.71. The van der Waals surface area contributed by atoms with Crippen molar-refractivity contribution in [3.05, 3.63) is 28.0 Å². The molecular weight excluding hydrogens is 212 g/mol. The van der Waals surface area contributed by atoms with Crippen molar-refractivity contribution in [3.63, 3.8) is 0 Å². The van der Waals surface area contributed by atoms with Gasteiger partial charge in [-0.15, -0.1) is 0 Å². The Labute approximate surface area is 84.1 Å². The number of nitrogens with zero attached hydrogens (tertiary/aromatic N) is 2. The smallest absolute Gasteiger partial charge is 0.264 e. The normalized spacial score (nSPS) is 10.3. The summed E-state index contributed by atoms with van der Waals surface area (Å²) in [5, 5.41) is 8.35. The van der Waals surface area contributed by atoms with Gasteiger partial charge in [0.05, 0.1) is 0 Å². The SMILES string of the molecule is N#Cc1cc(C(F)F)c(CN)c(Cl)n1. The molecule has 0 unspecified atom stereocenters. The zero-order chi connectivity index (χ0) is 10.7. The Bertz CT molecular complexity index is 387. The average Bonchev–Trinajstić information content (AvgIpc) is 2.16. The predicted octanol–water partition coefficient (Wildman–Crippen LogP) is 2.00. The van der Waals surface area contributed by atoms with Crippen molar-refractivity contribution < 1.29 is 8.78 Å². The summed E-state index contributed by atoms with van der Waals surface area (Å²) in [6.45, 7) is -0.128. The summed E-state index contributed by atoms with van der Waals surface area (Å²) >= 11 is 5.58. The van der Waals surface area contributed by atoms with Crippen molar-refractivity contribution >= 4 is 11.6 Å². The number of hydrogen-bond donors (Lipinski definition) is 1. The van der Waals surface area contributed by atoms with Gasteiger partial charge in [-0.1, -0.05) is 11.6 Å². The molecule has 1 heterocycles. The molecule has 1 aromatic heterocycles. The van der Waals surface area contributed by atoms with Crippen LogP contribution < -0.4 is 5.73 Å². The molecule has 0 saturated heterocycles. The molecule has 2 N–H and O–H groups in total. The van der Waals surface area contributed by atoms with Crippen molar-refractivity contribution in [2.45, 2.75) is 13.0 Å². The molecule has 0 spiro atoms. The van der Waals surface area contributed by atoms with E-state index < -0.39 is 6.43 Å². The lowest BCUT2D eigenvalue weighted by Gasteiger charge is -2.08. The largest absolute Gasteiger partial charge is 0.326 e. The van der Waals surface area contributed by atoms with Gasteiger partial charge in [-0.2, -0.15) is 5.26 Å². The highest BCUT2D eigenvalue weighted by molar-refractivity contribution is 6.30. The molecule has 14 heavy (non-hydrogen) atoms. The zero-order valence-corrected chi connectivity index (χ0v) is 7.72. The highest BCUT2D eigenvalue weighted by Crippen LogP contribution is 2.27. The molecule has 0 aliphatic carbocycles. The van der Waals surface area contributed by atoms with Gasteiger partial charge >= 0.3 is 0 Å². The minimum atomic E-state index is -2.71. The zero-order valence-electron chi connectivity index (χ0n) is 6.97. The van der Waals surface area contributed by atoms with Crippen molar-refractivity contribution in [3.8, 4) is 6.07 Å². The third kappa shape index (κ3) is 1.97. The first kappa shape index (κ1) is 10.8. The number of alkyl halides is 2. The molecule has 74 valence electrons. The minimum absolute atomic E-state index is 0.0840. The summed E-state index contributed by atoms with van der Waals surface area (Å²) in [5.74, 6) is 0. The summed E-state index contributed by atoms with van der Waals surface area (Å²) in [7, 11) is 0. The number of aromatic nitrogens is 1. The molecule has 0 radical (unpaired) electrons. The molecule has 1 aromatic rings. The minimum Gasteiger partial charge on any atom is -0.326 e. The van der Waals surface area contributed by atoms with Gasteiger partial charge in [-0.3, -0.25) is 0 Å². The third-order valence-electron chi connectivity index (χ3n) is 1.66. The second kappa shape index (κ2) is 4.31. The standard InChI is InChI=1S/C8H6ClF2N3/c9-7-6(3-13)5(8(10)11)1-4(2-12)14-7/h1,8H,3,13H2. The monoisotopic (exact) mass is 217 g/mol. The molecule has 3 nitrogen and oxygen atoms in total. The van der Waals surface area contributed by atoms with Crippen LogP contribution in [-0.2, 0) is 6.54 Å². The quantitative estimate of drug-likeness (QED) is 0.771. The number of nitrogens with two attached hydrogens (primary N) is 1. The summed E-state index contributed by atoms with van der Waals surface area (Å²) in [5.41, 5.74) is 4.86. The van der Waals surface area contributed by atoms with E-state index >= 15 is 0 Å². The van der Waals surface area contributed by atoms with E-state index in [1.165, 1.54) is 0 Å². The lowest BCUT2D eigenvalue weighted by Crippen LogP contribution is -2.05. The highest BCUT2D eigenvalue weighted by atomic mass is 35.5. The van der Waals surface area contributed by atoms with E-state index in [-0.39, 0.29) is 28.5 Å². The molecule has 0 saturated carbocycles. The van der Waals surface area contributed by atoms with Gasteiger partial charge in [0.15, 0.2) is 0 Å². The van der Waals surface area contributed by atoms with E-state index in [1.54, 1.807) is 6.07 Å². The van der Waals surface area contributed by atoms with Crippen molar-refractivity contribution in [2.24, 2.45) is 5.73 Å². The predicted molar refractivity (Wildman–Crippen MR) is 46.8 cm³/mol. The van der Waals surface area contributed by atoms with Gasteiger partial charge in [-0.25, -0.2) is 13.8 Å². The number of rotatable bonds is 2. The van der Waals surface area contributed by atoms with E-state index in [2.05, 4.69) is 4.98 Å². The molecule has 0 amide bonds. The first-order valence-corrected chi connectivity index (χ1v) is 4.05. The molecule has 0 aliphatic heterocycles. The van der Waals surface area contributed by atoms with Gasteiger partial charge in [0.25, 0.3) is 6.43 Å². The van der Waals surface area contributed by atoms with Crippen LogP contribution in [0.5, 0.6) is 0 Å². The molecular formula is C8H6ClF2N3. The van der Waals surface area contributed by atoms with Crippen LogP contribution in [0.25, 0.3) is 0 Å². The number of hydrogen-bond acceptors (Lipinski definition) is 3. The van der Waals surface area contributed by atoms with Crippen LogP contribution in [0.1, 0.15) is 23.2 Å². The fourth-order valence-corrected chi connectivity index (χ4v) is 1.29. The van der Waals surface area contributed by atoms with Crippen LogP contribution in [-0.4, -0.2) is 4.98 Å². The van der Waals surface area contributed by atoms with Crippen molar-refractivity contribution in [2.75, 3.05) is 0 Å². The summed E-state index contributed by atoms with van der Waals surface area (Å²) < 4.78 is 24.9. The van der Waals surface area contributed by atoms with E-state index in [4.69, 9.17) is 22.6 Å². The maximum atomic E-state index is 12.5. The fraction of sp³-hybridized carbons (Fsp3) is 0.250. The van der Waals surface area contributed by atoms with E-state index in [1.807, 2.05) is 0 Å². The van der Waals surface area contributed by atoms with Crippen LogP contribution in [0.4, 0.5) is 8.78 Å². The maximum absolute atomic E-state index is 12.5. The Balaban J connectivity index is 3.37. The van der Waals surface area contributed by atoms with E-state index in [0.717, 1.165) is 6.07 Å². The molecule has 0 fully saturated rings. The summed E-state index contributed by atoms with van der Waals surface area (Å²) in [6, 6.07) is 2.64. The topological polar surface area (TPSA) is 62.7 Å². The maximum Gasteiger partial charge on any atom is 0.264 e. The molecule has 0 aliphatic rings. The van der Waals surface area contributed by atoms with Crippen LogP contribution in [0.15, 0.2) is 6.07 Å². The highest BCUT2D eigenvalue weighted by Gasteiger charge is 2.17. The van der Waals surface area contributed by atoms with Crippen LogP contribution in [0.3, 0.4) is 0 Å². The Morgan fingerprint density at radius 3 is 2.71 bits per heavy atom. The fourth-order valence-electron chi connectivity index (χ4n) is 1.01. The lowest BCUT2D eigenvalue weighted by molar-refractivity contribution is 0.150. The first-order chi connectivity index (χ1) is 6.60. The van der Waals surface area contributed by atoms with Crippen LogP contribution >= 0.6 is 11.6 Å². The molecule has 6 heteroatoms. The van der Waals surface area contributed by atoms with Crippen molar-refractivity contribution in [1.82, 2.24) is 4.98 Å². The third-order valence-corrected chi connectivity index (χ3v) is 1.97. The summed E-state index contributed by atoms with van der Waals surface area (Å²) in [4.78, 5) is 3.60. The Morgan fingerprint density at radius 1 is 1.64 bits per heavy atom. The van der Waals surface area contributed by atoms with Gasteiger partial charge < -0.3 is 5.73 Å². The van der Waals surface area contributed by atoms with Gasteiger partial charge in [0, 0.05) is 17.7 Å². The molecule has 0 bridgehead atoms. The second-order valence-electron chi connectivity index (χ2n) is 2.48. The lowest BCUT2D eigenvalue weighted by atomic mass is 10.1. The molecule has 0 atom stereocenters. The molecule has 1 rings (SSSR count). The van der Waals surface area contributed by atoms with E-state index in [9.17, 15) is 8.78 Å². The van der Waals surface area contributed by atoms with E-state index in [0.29, 0.717) is 0 Å². The van der Waals surface area contributed by atoms with Gasteiger partial charge in [0.2, 0.25) is 0 Å². The van der Waals surface area contributed by atoms with Gasteiger partial charge in [0.1, 0.15) is 16.9 Å². The second-order valence-corrected chi connectivity index (χ2v) is 2.84. The Morgan fingerprint density at radius 2 is 2.29 bits per heavy atom. The van der Waals surface area contributed by atoms with Gasteiger partial charge in [-0.05, 0) is 6.07 Å². The number of halogens is 3. The van der Waals surface area contributed by atoms with Crippen LogP contribution in [0.2, 0.25) is 5.15 Å². The molecule has 0 aromatic carbocycles.